The lowest BCUT2D eigenvalue weighted by atomic mass is 9.85. The van der Waals surface area contributed by atoms with E-state index in [2.05, 4.69) is 26.8 Å². The van der Waals surface area contributed by atoms with Gasteiger partial charge < -0.3 is 16.4 Å². The standard InChI is InChI=1S/C17H21ClN8O/c1-9(13-24-16(22-4)25-26(13)15(20)21)23-14(27)10-5-11(7-12(18)6-10)17(2,3)8-19/h5-7,9H,1-4H3,(H3,20,21)(H,22,25)(H,23,27)/t9-/m0/s1. The highest BCUT2D eigenvalue weighted by atomic mass is 35.5. The molecule has 27 heavy (non-hydrogen) atoms. The first-order valence-corrected chi connectivity index (χ1v) is 8.49. The number of nitrogens with zero attached hydrogens (tertiary/aromatic N) is 4. The summed E-state index contributed by atoms with van der Waals surface area (Å²) in [6.45, 7) is 5.20. The van der Waals surface area contributed by atoms with Gasteiger partial charge in [0.2, 0.25) is 11.9 Å². The van der Waals surface area contributed by atoms with E-state index in [1.165, 1.54) is 6.07 Å². The van der Waals surface area contributed by atoms with E-state index >= 15 is 0 Å². The quantitative estimate of drug-likeness (QED) is 0.455. The fraction of sp³-hybridized carbons (Fsp3) is 0.353. The number of anilines is 1. The van der Waals surface area contributed by atoms with Crippen molar-refractivity contribution in [2.75, 3.05) is 12.4 Å². The zero-order valence-electron chi connectivity index (χ0n) is 15.5. The van der Waals surface area contributed by atoms with Gasteiger partial charge in [-0.3, -0.25) is 10.2 Å². The maximum Gasteiger partial charge on any atom is 0.251 e. The summed E-state index contributed by atoms with van der Waals surface area (Å²) in [5.41, 5.74) is 5.68. The van der Waals surface area contributed by atoms with Crippen molar-refractivity contribution in [3.63, 3.8) is 0 Å². The minimum Gasteiger partial charge on any atom is -0.368 e. The number of carbonyl (C=O) groups is 1. The largest absolute Gasteiger partial charge is 0.368 e. The average Bonchev–Trinajstić information content (AvgIpc) is 3.06. The van der Waals surface area contributed by atoms with Crippen LogP contribution in [0.25, 0.3) is 0 Å². The van der Waals surface area contributed by atoms with Gasteiger partial charge in [0.05, 0.1) is 17.5 Å². The van der Waals surface area contributed by atoms with E-state index in [1.54, 1.807) is 40.0 Å². The molecule has 0 aliphatic rings. The first-order chi connectivity index (χ1) is 12.6. The third-order valence-corrected chi connectivity index (χ3v) is 4.20. The fourth-order valence-corrected chi connectivity index (χ4v) is 2.61. The third kappa shape index (κ3) is 4.35. The van der Waals surface area contributed by atoms with Crippen LogP contribution >= 0.6 is 11.6 Å². The number of halogens is 1. The van der Waals surface area contributed by atoms with Crippen LogP contribution in [-0.4, -0.2) is 33.7 Å². The highest BCUT2D eigenvalue weighted by molar-refractivity contribution is 6.31. The second kappa shape index (κ2) is 7.63. The van der Waals surface area contributed by atoms with Gasteiger partial charge in [0.15, 0.2) is 5.82 Å². The van der Waals surface area contributed by atoms with Crippen LogP contribution in [0.1, 0.15) is 48.6 Å². The Balaban J connectivity index is 2.32. The molecule has 1 amide bonds. The second-order valence-electron chi connectivity index (χ2n) is 6.50. The molecule has 0 radical (unpaired) electrons. The van der Waals surface area contributed by atoms with Gasteiger partial charge in [-0.1, -0.05) is 11.6 Å². The van der Waals surface area contributed by atoms with Gasteiger partial charge in [0, 0.05) is 17.6 Å². The van der Waals surface area contributed by atoms with E-state index in [0.29, 0.717) is 22.0 Å². The Morgan fingerprint density at radius 3 is 2.67 bits per heavy atom. The summed E-state index contributed by atoms with van der Waals surface area (Å²) in [6, 6.07) is 6.43. The molecule has 5 N–H and O–H groups in total. The lowest BCUT2D eigenvalue weighted by Gasteiger charge is -2.18. The molecule has 9 nitrogen and oxygen atoms in total. The zero-order valence-corrected chi connectivity index (χ0v) is 16.2. The van der Waals surface area contributed by atoms with Crippen molar-refractivity contribution in [3.8, 4) is 6.07 Å². The van der Waals surface area contributed by atoms with Crippen molar-refractivity contribution in [3.05, 3.63) is 40.2 Å². The van der Waals surface area contributed by atoms with Crippen molar-refractivity contribution >= 4 is 29.4 Å². The number of hydrogen-bond acceptors (Lipinski definition) is 6. The van der Waals surface area contributed by atoms with Crippen LogP contribution in [-0.2, 0) is 5.41 Å². The Morgan fingerprint density at radius 1 is 1.44 bits per heavy atom. The van der Waals surface area contributed by atoms with E-state index < -0.39 is 17.4 Å². The van der Waals surface area contributed by atoms with Gasteiger partial charge in [-0.2, -0.15) is 14.9 Å². The van der Waals surface area contributed by atoms with E-state index in [9.17, 15) is 10.1 Å². The number of nitriles is 1. The first kappa shape index (κ1) is 20.2. The number of amides is 1. The predicted molar refractivity (Wildman–Crippen MR) is 103 cm³/mol. The Kier molecular flexibility index (Phi) is 5.71. The minimum atomic E-state index is -0.790. The molecule has 2 aromatic rings. The molecule has 0 saturated heterocycles. The fourth-order valence-electron chi connectivity index (χ4n) is 2.38. The maximum absolute atomic E-state index is 12.7. The molecule has 2 rings (SSSR count). The molecule has 1 aromatic carbocycles. The minimum absolute atomic E-state index is 0.280. The SMILES string of the molecule is CNc1nc([C@H](C)NC(=O)c2cc(Cl)cc(C(C)(C)C#N)c2)n(C(=N)N)n1. The second-order valence-corrected chi connectivity index (χ2v) is 6.94. The molecular formula is C17H21ClN8O. The Bertz CT molecular complexity index is 928. The number of nitrogen functional groups attached to an aromatic ring is 1. The molecule has 0 unspecified atom stereocenters. The Morgan fingerprint density at radius 2 is 2.11 bits per heavy atom. The number of hydrogen-bond donors (Lipinski definition) is 4. The van der Waals surface area contributed by atoms with Gasteiger partial charge >= 0.3 is 0 Å². The maximum atomic E-state index is 12.7. The van der Waals surface area contributed by atoms with Crippen LogP contribution in [0.5, 0.6) is 0 Å². The van der Waals surface area contributed by atoms with E-state index in [-0.39, 0.29) is 11.9 Å². The van der Waals surface area contributed by atoms with E-state index in [1.807, 2.05) is 0 Å². The highest BCUT2D eigenvalue weighted by Crippen LogP contribution is 2.27. The van der Waals surface area contributed by atoms with E-state index in [4.69, 9.17) is 22.7 Å². The van der Waals surface area contributed by atoms with Gasteiger partial charge in [-0.25, -0.2) is 0 Å². The average molecular weight is 389 g/mol. The van der Waals surface area contributed by atoms with Gasteiger partial charge in [-0.05, 0) is 44.5 Å². The van der Waals surface area contributed by atoms with Crippen LogP contribution in [0.4, 0.5) is 5.95 Å². The molecule has 0 fully saturated rings. The number of aromatic nitrogens is 3. The van der Waals surface area contributed by atoms with Crippen LogP contribution in [0, 0.1) is 16.7 Å². The summed E-state index contributed by atoms with van der Waals surface area (Å²) in [4.78, 5) is 16.9. The van der Waals surface area contributed by atoms with Crippen LogP contribution in [0.15, 0.2) is 18.2 Å². The van der Waals surface area contributed by atoms with Gasteiger partial charge in [0.25, 0.3) is 5.91 Å². The molecule has 0 aliphatic carbocycles. The van der Waals surface area contributed by atoms with Crippen molar-refractivity contribution in [1.29, 1.82) is 10.7 Å². The van der Waals surface area contributed by atoms with Crippen molar-refractivity contribution < 1.29 is 4.79 Å². The molecule has 0 bridgehead atoms. The molecule has 1 aromatic heterocycles. The summed E-state index contributed by atoms with van der Waals surface area (Å²) >= 11 is 6.13. The molecule has 10 heteroatoms. The van der Waals surface area contributed by atoms with Crippen LogP contribution < -0.4 is 16.4 Å². The topological polar surface area (TPSA) is 146 Å². The highest BCUT2D eigenvalue weighted by Gasteiger charge is 2.24. The van der Waals surface area contributed by atoms with Crippen LogP contribution in [0.2, 0.25) is 5.02 Å². The summed E-state index contributed by atoms with van der Waals surface area (Å²) in [6.07, 6.45) is 0. The molecule has 0 aliphatic heterocycles. The smallest absolute Gasteiger partial charge is 0.251 e. The summed E-state index contributed by atoms with van der Waals surface area (Å²) < 4.78 is 1.14. The number of carbonyl (C=O) groups excluding carboxylic acids is 1. The number of rotatable bonds is 5. The number of nitrogens with two attached hydrogens (primary N) is 1. The third-order valence-electron chi connectivity index (χ3n) is 3.98. The Labute approximate surface area is 162 Å². The van der Waals surface area contributed by atoms with Gasteiger partial charge in [-0.15, -0.1) is 5.10 Å². The molecular weight excluding hydrogens is 368 g/mol. The van der Waals surface area contributed by atoms with Gasteiger partial charge in [0.1, 0.15) is 0 Å². The molecule has 142 valence electrons. The molecule has 1 atom stereocenters. The normalized spacial score (nSPS) is 12.1. The molecule has 0 spiro atoms. The van der Waals surface area contributed by atoms with E-state index in [0.717, 1.165) is 4.68 Å². The molecule has 0 saturated carbocycles. The Hall–Kier alpha value is -3.12. The van der Waals surface area contributed by atoms with Crippen LogP contribution in [0.3, 0.4) is 0 Å². The zero-order chi connectivity index (χ0) is 20.4. The first-order valence-electron chi connectivity index (χ1n) is 8.11. The van der Waals surface area contributed by atoms with Crippen molar-refractivity contribution in [2.24, 2.45) is 5.73 Å². The summed E-state index contributed by atoms with van der Waals surface area (Å²) in [7, 11) is 1.64. The lowest BCUT2D eigenvalue weighted by Crippen LogP contribution is -2.32. The molecule has 1 heterocycles. The number of benzene rings is 1. The summed E-state index contributed by atoms with van der Waals surface area (Å²) in [5.74, 6) is -0.132. The van der Waals surface area contributed by atoms with Crippen molar-refractivity contribution in [1.82, 2.24) is 20.1 Å². The van der Waals surface area contributed by atoms with Crippen molar-refractivity contribution in [2.45, 2.75) is 32.2 Å². The lowest BCUT2D eigenvalue weighted by molar-refractivity contribution is 0.0938. The summed E-state index contributed by atoms with van der Waals surface area (Å²) in [5, 5.41) is 26.9. The number of nitrogens with one attached hydrogen (secondary N) is 3. The predicted octanol–water partition coefficient (Wildman–Crippen LogP) is 2.01. The monoisotopic (exact) mass is 388 g/mol.